The number of carbonyl (C=O) groups is 1. The maximum atomic E-state index is 13.3. The van der Waals surface area contributed by atoms with Gasteiger partial charge in [0.25, 0.3) is 5.91 Å². The van der Waals surface area contributed by atoms with Crippen LogP contribution < -0.4 is 4.74 Å². The Balaban J connectivity index is 1.39. The minimum atomic E-state index is -3.68. The summed E-state index contributed by atoms with van der Waals surface area (Å²) in [4.78, 5) is 17.7. The Kier molecular flexibility index (Phi) is 8.76. The molecule has 1 aliphatic rings. The van der Waals surface area contributed by atoms with E-state index in [-0.39, 0.29) is 17.3 Å². The van der Waals surface area contributed by atoms with Gasteiger partial charge in [0.15, 0.2) is 0 Å². The average Bonchev–Trinajstić information content (AvgIpc) is 2.94. The number of methoxy groups -OCH3 is 1. The number of hydrogen-bond donors (Lipinski definition) is 0. The molecule has 3 aromatic rings. The van der Waals surface area contributed by atoms with E-state index in [1.807, 2.05) is 23.1 Å². The van der Waals surface area contributed by atoms with Crippen LogP contribution in [0.2, 0.25) is 0 Å². The summed E-state index contributed by atoms with van der Waals surface area (Å²) in [6.45, 7) is 3.80. The molecule has 1 saturated heterocycles. The molecule has 1 aliphatic heterocycles. The fraction of sp³-hybridized carbons (Fsp3) is 0.276. The summed E-state index contributed by atoms with van der Waals surface area (Å²) >= 11 is 0. The van der Waals surface area contributed by atoms with Crippen molar-refractivity contribution in [3.05, 3.63) is 102 Å². The number of sulfonamides is 1. The Bertz CT molecular complexity index is 1320. The second kappa shape index (κ2) is 12.2. The predicted octanol–water partition coefficient (Wildman–Crippen LogP) is 3.99. The Hall–Kier alpha value is -3.46. The van der Waals surface area contributed by atoms with Gasteiger partial charge in [-0.1, -0.05) is 60.7 Å². The number of piperazine rings is 1. The van der Waals surface area contributed by atoms with Crippen LogP contribution in [0.15, 0.2) is 89.8 Å². The lowest BCUT2D eigenvalue weighted by Gasteiger charge is -2.34. The molecular weight excluding hydrogens is 486 g/mol. The molecule has 4 rings (SSSR count). The van der Waals surface area contributed by atoms with Crippen LogP contribution >= 0.6 is 0 Å². The van der Waals surface area contributed by atoms with Crippen LogP contribution in [-0.2, 0) is 16.6 Å². The molecule has 0 saturated carbocycles. The Morgan fingerprint density at radius 3 is 2.24 bits per heavy atom. The third-order valence-corrected chi connectivity index (χ3v) is 8.32. The summed E-state index contributed by atoms with van der Waals surface area (Å²) in [6, 6.07) is 23.7. The van der Waals surface area contributed by atoms with E-state index in [1.165, 1.54) is 24.0 Å². The first-order valence-electron chi connectivity index (χ1n) is 12.3. The quantitative estimate of drug-likeness (QED) is 0.428. The number of rotatable bonds is 9. The predicted molar refractivity (Wildman–Crippen MR) is 146 cm³/mol. The number of amides is 1. The van der Waals surface area contributed by atoms with Gasteiger partial charge in [0.1, 0.15) is 5.75 Å². The van der Waals surface area contributed by atoms with Crippen molar-refractivity contribution in [2.45, 2.75) is 11.4 Å². The number of ether oxygens (including phenoxy) is 1. The van der Waals surface area contributed by atoms with Gasteiger partial charge < -0.3 is 9.64 Å². The zero-order chi connectivity index (χ0) is 26.3. The van der Waals surface area contributed by atoms with Crippen LogP contribution in [-0.4, -0.2) is 75.3 Å². The fourth-order valence-electron chi connectivity index (χ4n) is 4.35. The highest BCUT2D eigenvalue weighted by Gasteiger charge is 2.25. The maximum absolute atomic E-state index is 13.3. The third kappa shape index (κ3) is 6.65. The van der Waals surface area contributed by atoms with Gasteiger partial charge in [0, 0.05) is 57.4 Å². The molecule has 0 bridgehead atoms. The summed E-state index contributed by atoms with van der Waals surface area (Å²) in [6.07, 6.45) is 4.27. The highest BCUT2D eigenvalue weighted by molar-refractivity contribution is 7.89. The third-order valence-electron chi connectivity index (χ3n) is 6.50. The molecular formula is C29H33N3O4S. The van der Waals surface area contributed by atoms with Crippen LogP contribution in [0, 0.1) is 0 Å². The normalized spacial score (nSPS) is 14.8. The summed E-state index contributed by atoms with van der Waals surface area (Å²) in [5.74, 6) is 0.485. The summed E-state index contributed by atoms with van der Waals surface area (Å²) in [5, 5.41) is 0. The highest BCUT2D eigenvalue weighted by Crippen LogP contribution is 2.25. The SMILES string of the molecule is COc1ccc(C(=O)N2CCN(C/C=C/c3ccccc3)CC2)cc1CN(C)S(=O)(=O)c1ccccc1. The average molecular weight is 520 g/mol. The van der Waals surface area contributed by atoms with E-state index >= 15 is 0 Å². The van der Waals surface area contributed by atoms with E-state index in [4.69, 9.17) is 4.74 Å². The van der Waals surface area contributed by atoms with Crippen LogP contribution in [0.4, 0.5) is 0 Å². The zero-order valence-electron chi connectivity index (χ0n) is 21.3. The number of carbonyl (C=O) groups excluding carboxylic acids is 1. The van der Waals surface area contributed by atoms with E-state index in [1.54, 1.807) is 48.5 Å². The first kappa shape index (κ1) is 26.6. The van der Waals surface area contributed by atoms with Gasteiger partial charge in [-0.05, 0) is 35.9 Å². The van der Waals surface area contributed by atoms with Gasteiger partial charge in [-0.15, -0.1) is 0 Å². The molecule has 0 atom stereocenters. The monoisotopic (exact) mass is 519 g/mol. The van der Waals surface area contributed by atoms with E-state index in [9.17, 15) is 13.2 Å². The van der Waals surface area contributed by atoms with Crippen LogP contribution in [0.3, 0.4) is 0 Å². The van der Waals surface area contributed by atoms with Crippen molar-refractivity contribution in [1.29, 1.82) is 0 Å². The summed E-state index contributed by atoms with van der Waals surface area (Å²) in [7, 11) is -0.607. The Morgan fingerprint density at radius 1 is 0.946 bits per heavy atom. The van der Waals surface area contributed by atoms with Gasteiger partial charge in [0.2, 0.25) is 10.0 Å². The van der Waals surface area contributed by atoms with Crippen molar-refractivity contribution < 1.29 is 17.9 Å². The van der Waals surface area contributed by atoms with Crippen molar-refractivity contribution in [3.63, 3.8) is 0 Å². The second-order valence-electron chi connectivity index (χ2n) is 9.01. The van der Waals surface area contributed by atoms with Crippen molar-refractivity contribution >= 4 is 22.0 Å². The second-order valence-corrected chi connectivity index (χ2v) is 11.1. The Morgan fingerprint density at radius 2 is 1.59 bits per heavy atom. The minimum absolute atomic E-state index is 0.0584. The van der Waals surface area contributed by atoms with Crippen molar-refractivity contribution in [2.75, 3.05) is 46.9 Å². The molecule has 194 valence electrons. The summed E-state index contributed by atoms with van der Waals surface area (Å²) in [5.41, 5.74) is 2.34. The van der Waals surface area contributed by atoms with E-state index < -0.39 is 10.0 Å². The van der Waals surface area contributed by atoms with E-state index in [0.717, 1.165) is 19.6 Å². The fourth-order valence-corrected chi connectivity index (χ4v) is 5.52. The standard InChI is InChI=1S/C29H33N3O4S/c1-30(37(34,35)27-13-7-4-8-14-27)23-26-22-25(15-16-28(26)36-2)29(33)32-20-18-31(19-21-32)17-9-12-24-10-5-3-6-11-24/h3-16,22H,17-21,23H2,1-2H3/b12-9+. The van der Waals surface area contributed by atoms with Gasteiger partial charge >= 0.3 is 0 Å². The number of hydrogen-bond acceptors (Lipinski definition) is 5. The Labute approximate surface area is 219 Å². The van der Waals surface area contributed by atoms with E-state index in [2.05, 4.69) is 29.2 Å². The zero-order valence-corrected chi connectivity index (χ0v) is 22.1. The topological polar surface area (TPSA) is 70.2 Å². The molecule has 1 amide bonds. The molecule has 7 nitrogen and oxygen atoms in total. The van der Waals surface area contributed by atoms with Crippen LogP contribution in [0.1, 0.15) is 21.5 Å². The molecule has 1 heterocycles. The van der Waals surface area contributed by atoms with Crippen LogP contribution in [0.5, 0.6) is 5.75 Å². The molecule has 0 spiro atoms. The largest absolute Gasteiger partial charge is 0.496 e. The molecule has 0 N–H and O–H groups in total. The molecule has 3 aromatic carbocycles. The first-order valence-corrected chi connectivity index (χ1v) is 13.7. The molecule has 8 heteroatoms. The number of benzene rings is 3. The molecule has 0 radical (unpaired) electrons. The van der Waals surface area contributed by atoms with E-state index in [0.29, 0.717) is 30.0 Å². The van der Waals surface area contributed by atoms with Gasteiger partial charge in [-0.25, -0.2) is 8.42 Å². The summed E-state index contributed by atoms with van der Waals surface area (Å²) < 4.78 is 32.7. The number of nitrogens with zero attached hydrogens (tertiary/aromatic N) is 3. The van der Waals surface area contributed by atoms with Crippen molar-refractivity contribution in [3.8, 4) is 5.75 Å². The molecule has 0 unspecified atom stereocenters. The smallest absolute Gasteiger partial charge is 0.253 e. The first-order chi connectivity index (χ1) is 17.9. The van der Waals surface area contributed by atoms with Crippen LogP contribution in [0.25, 0.3) is 6.08 Å². The highest BCUT2D eigenvalue weighted by atomic mass is 32.2. The maximum Gasteiger partial charge on any atom is 0.253 e. The van der Waals surface area contributed by atoms with Crippen molar-refractivity contribution in [1.82, 2.24) is 14.1 Å². The van der Waals surface area contributed by atoms with Gasteiger partial charge in [-0.3, -0.25) is 9.69 Å². The minimum Gasteiger partial charge on any atom is -0.496 e. The molecule has 0 aromatic heterocycles. The lowest BCUT2D eigenvalue weighted by atomic mass is 10.1. The lowest BCUT2D eigenvalue weighted by Crippen LogP contribution is -2.48. The molecule has 0 aliphatic carbocycles. The van der Waals surface area contributed by atoms with Gasteiger partial charge in [0.05, 0.1) is 12.0 Å². The van der Waals surface area contributed by atoms with Gasteiger partial charge in [-0.2, -0.15) is 4.31 Å². The molecule has 37 heavy (non-hydrogen) atoms. The van der Waals surface area contributed by atoms with Crippen molar-refractivity contribution in [2.24, 2.45) is 0 Å². The lowest BCUT2D eigenvalue weighted by molar-refractivity contribution is 0.0650. The molecule has 1 fully saturated rings.